The summed E-state index contributed by atoms with van der Waals surface area (Å²) >= 11 is 0. The number of benzene rings is 2. The summed E-state index contributed by atoms with van der Waals surface area (Å²) in [4.78, 5) is 15.6. The van der Waals surface area contributed by atoms with E-state index in [4.69, 9.17) is 4.74 Å². The summed E-state index contributed by atoms with van der Waals surface area (Å²) in [6, 6.07) is 8.58. The smallest absolute Gasteiger partial charge is 0.381 e. The summed E-state index contributed by atoms with van der Waals surface area (Å²) in [6.07, 6.45) is 3.68. The first kappa shape index (κ1) is 31.0. The van der Waals surface area contributed by atoms with Gasteiger partial charge in [0, 0.05) is 47.1 Å². The van der Waals surface area contributed by atoms with Crippen LogP contribution in [-0.4, -0.2) is 40.5 Å². The number of anilines is 2. The third-order valence-corrected chi connectivity index (χ3v) is 9.55. The fourth-order valence-corrected chi connectivity index (χ4v) is 6.68. The number of hydrogen-bond acceptors (Lipinski definition) is 6. The van der Waals surface area contributed by atoms with E-state index in [2.05, 4.69) is 28.7 Å². The second kappa shape index (κ2) is 11.8. The van der Waals surface area contributed by atoms with Gasteiger partial charge in [-0.1, -0.05) is 4.68 Å². The molecule has 2 heterocycles. The van der Waals surface area contributed by atoms with Crippen molar-refractivity contribution >= 4 is 17.3 Å². The Balaban J connectivity index is 1.46. The van der Waals surface area contributed by atoms with Gasteiger partial charge in [0.15, 0.2) is 5.69 Å². The molecule has 2 saturated carbocycles. The van der Waals surface area contributed by atoms with Gasteiger partial charge in [-0.3, -0.25) is 4.79 Å². The van der Waals surface area contributed by atoms with Gasteiger partial charge in [0.1, 0.15) is 0 Å². The Hall–Kier alpha value is -3.95. The van der Waals surface area contributed by atoms with Crippen LogP contribution in [0.15, 0.2) is 36.9 Å². The number of nitrogens with zero attached hydrogens (tertiary/aromatic N) is 5. The van der Waals surface area contributed by atoms with Crippen LogP contribution in [0.3, 0.4) is 0 Å². The van der Waals surface area contributed by atoms with E-state index in [1.165, 1.54) is 11.0 Å². The van der Waals surface area contributed by atoms with Crippen molar-refractivity contribution in [2.24, 2.45) is 7.05 Å². The van der Waals surface area contributed by atoms with Crippen LogP contribution in [0.1, 0.15) is 90.9 Å². The molecule has 3 aliphatic rings. The van der Waals surface area contributed by atoms with Crippen molar-refractivity contribution in [3.05, 3.63) is 64.7 Å². The van der Waals surface area contributed by atoms with Crippen molar-refractivity contribution in [1.82, 2.24) is 15.1 Å². The number of carbonyl (C=O) groups excluding carboxylic acids is 1. The second-order valence-corrected chi connectivity index (χ2v) is 13.0. The molecule has 6 rings (SSSR count). The average Bonchev–Trinajstić information content (AvgIpc) is 3.52. The average molecular weight is 623 g/mol. The molecule has 12 heteroatoms. The first-order valence-electron chi connectivity index (χ1n) is 15.4. The highest BCUT2D eigenvalue weighted by molar-refractivity contribution is 6.11. The first-order chi connectivity index (χ1) is 21.4. The van der Waals surface area contributed by atoms with E-state index in [-0.39, 0.29) is 54.2 Å². The minimum atomic E-state index is -4.63. The number of aromatic nitrogens is 3. The largest absolute Gasteiger partial charge is 0.416 e. The van der Waals surface area contributed by atoms with E-state index >= 15 is 0 Å². The third-order valence-electron chi connectivity index (χ3n) is 9.55. The van der Waals surface area contributed by atoms with Gasteiger partial charge in [0.2, 0.25) is 6.33 Å². The van der Waals surface area contributed by atoms with Crippen LogP contribution in [0.5, 0.6) is 0 Å². The fraction of sp³-hybridized carbons (Fsp3) is 0.515. The monoisotopic (exact) mass is 622 g/mol. The molecule has 1 aliphatic heterocycles. The van der Waals surface area contributed by atoms with Crippen LogP contribution < -0.4 is 20.1 Å². The molecule has 2 N–H and O–H groups in total. The number of halogens is 3. The molecule has 0 spiro atoms. The number of aryl methyl sites for hydroxylation is 1. The lowest BCUT2D eigenvalue weighted by atomic mass is 9.76. The zero-order valence-electron chi connectivity index (χ0n) is 26.0. The lowest BCUT2D eigenvalue weighted by Crippen LogP contribution is -2.47. The molecule has 2 aliphatic carbocycles. The molecule has 0 saturated heterocycles. The molecule has 9 nitrogen and oxygen atoms in total. The van der Waals surface area contributed by atoms with Gasteiger partial charge >= 0.3 is 6.18 Å². The normalized spacial score (nSPS) is 21.1. The standard InChI is InChI=1S/C33H39F3N7O2/c1-20(6-9-37)40-23-14-25(22-12-24(13-22)45-4)30(43-19-41(3)18-39-43)29(15-23)42-17-27-26(31(42)44)10-21(11-28(27)33(34,35)36)16-38-32(2)7-5-8-32/h10-11,14-15,18-20,22,24,38,40H,5-8,12-13,16-17H2,1-4H3/q+1/t20-,22?,24?/m0/s1. The van der Waals surface area contributed by atoms with Crippen LogP contribution >= 0.6 is 0 Å². The molecule has 2 aromatic carbocycles. The Labute approximate surface area is 261 Å². The fourth-order valence-electron chi connectivity index (χ4n) is 6.68. The highest BCUT2D eigenvalue weighted by Gasteiger charge is 2.43. The van der Waals surface area contributed by atoms with E-state index in [1.807, 2.05) is 20.0 Å². The first-order valence-corrected chi connectivity index (χ1v) is 15.4. The Bertz CT molecular complexity index is 1650. The molecule has 0 radical (unpaired) electrons. The number of alkyl halides is 3. The van der Waals surface area contributed by atoms with Gasteiger partial charge in [-0.2, -0.15) is 18.4 Å². The lowest BCUT2D eigenvalue weighted by molar-refractivity contribution is -0.672. The van der Waals surface area contributed by atoms with E-state index in [0.717, 1.165) is 37.7 Å². The number of methoxy groups -OCH3 is 1. The quantitative estimate of drug-likeness (QED) is 0.289. The summed E-state index contributed by atoms with van der Waals surface area (Å²) in [5, 5.41) is 20.6. The number of fused-ring (bicyclic) bond motifs is 1. The molecule has 0 bridgehead atoms. The predicted molar refractivity (Wildman–Crippen MR) is 162 cm³/mol. The molecule has 238 valence electrons. The number of hydrogen-bond donors (Lipinski definition) is 2. The number of nitrogens with one attached hydrogen (secondary N) is 2. The minimum Gasteiger partial charge on any atom is -0.381 e. The van der Waals surface area contributed by atoms with Gasteiger partial charge < -0.3 is 20.3 Å². The van der Waals surface area contributed by atoms with Crippen LogP contribution in [0.4, 0.5) is 24.5 Å². The minimum absolute atomic E-state index is 0.0241. The molecule has 1 atom stereocenters. The highest BCUT2D eigenvalue weighted by Crippen LogP contribution is 2.47. The van der Waals surface area contributed by atoms with Crippen LogP contribution in [0.25, 0.3) is 5.69 Å². The number of rotatable bonds is 10. The zero-order valence-corrected chi connectivity index (χ0v) is 26.0. The van der Waals surface area contributed by atoms with Gasteiger partial charge in [-0.25, -0.2) is 4.57 Å². The second-order valence-electron chi connectivity index (χ2n) is 13.0. The number of amides is 1. The van der Waals surface area contributed by atoms with Gasteiger partial charge in [-0.05, 0) is 87.3 Å². The maximum Gasteiger partial charge on any atom is 0.416 e. The van der Waals surface area contributed by atoms with Crippen molar-refractivity contribution in [2.75, 3.05) is 17.3 Å². The molecular weight excluding hydrogens is 583 g/mol. The molecule has 1 aromatic heterocycles. The van der Waals surface area contributed by atoms with Gasteiger partial charge in [-0.15, -0.1) is 0 Å². The van der Waals surface area contributed by atoms with Crippen molar-refractivity contribution in [2.45, 2.75) is 95.2 Å². The molecule has 1 amide bonds. The molecule has 0 unspecified atom stereocenters. The van der Waals surface area contributed by atoms with Gasteiger partial charge in [0.25, 0.3) is 12.2 Å². The SMILES string of the molecule is COC1CC(c2cc(N[C@@H](C)CC#N)cc(N3Cc4c(cc(CNC5(C)CCC5)cc4C(F)(F)F)C3=O)c2-n2c[n+](C)cn2)C1. The summed E-state index contributed by atoms with van der Waals surface area (Å²) in [5.74, 6) is -0.399. The maximum absolute atomic E-state index is 14.5. The van der Waals surface area contributed by atoms with E-state index in [9.17, 15) is 23.2 Å². The van der Waals surface area contributed by atoms with Crippen molar-refractivity contribution in [1.29, 1.82) is 5.26 Å². The Morgan fingerprint density at radius 3 is 2.60 bits per heavy atom. The topological polar surface area (TPSA) is 99.1 Å². The zero-order chi connectivity index (χ0) is 32.1. The Morgan fingerprint density at radius 2 is 2.00 bits per heavy atom. The van der Waals surface area contributed by atoms with Crippen LogP contribution in [0, 0.1) is 11.3 Å². The van der Waals surface area contributed by atoms with E-state index in [1.54, 1.807) is 41.1 Å². The number of ether oxygens (including phenoxy) is 1. The van der Waals surface area contributed by atoms with Crippen LogP contribution in [0.2, 0.25) is 0 Å². The Kier molecular flexibility index (Phi) is 8.12. The summed E-state index contributed by atoms with van der Waals surface area (Å²) in [5.41, 5.74) is 2.29. The van der Waals surface area contributed by atoms with Crippen molar-refractivity contribution in [3.63, 3.8) is 0 Å². The summed E-state index contributed by atoms with van der Waals surface area (Å²) in [6.45, 7) is 3.99. The molecule has 3 aromatic rings. The highest BCUT2D eigenvalue weighted by atomic mass is 19.4. The summed E-state index contributed by atoms with van der Waals surface area (Å²) < 4.78 is 52.6. The van der Waals surface area contributed by atoms with Gasteiger partial charge in [0.05, 0.1) is 43.4 Å². The van der Waals surface area contributed by atoms with Crippen molar-refractivity contribution < 1.29 is 27.3 Å². The van der Waals surface area contributed by atoms with Crippen LogP contribution in [-0.2, 0) is 31.1 Å². The number of nitriles is 1. The van der Waals surface area contributed by atoms with Crippen molar-refractivity contribution in [3.8, 4) is 11.8 Å². The maximum atomic E-state index is 14.5. The number of carbonyl (C=O) groups is 1. The van der Waals surface area contributed by atoms with E-state index < -0.39 is 17.6 Å². The third kappa shape index (κ3) is 6.03. The molecular formula is C33H39F3N7O2+. The summed E-state index contributed by atoms with van der Waals surface area (Å²) in [7, 11) is 3.51. The predicted octanol–water partition coefficient (Wildman–Crippen LogP) is 5.51. The lowest BCUT2D eigenvalue weighted by Gasteiger charge is -2.39. The van der Waals surface area contributed by atoms with E-state index in [0.29, 0.717) is 22.6 Å². The molecule has 45 heavy (non-hydrogen) atoms. The Morgan fingerprint density at radius 1 is 1.24 bits per heavy atom. The molecule has 2 fully saturated rings.